The molecule has 4 nitrogen and oxygen atoms in total. The maximum absolute atomic E-state index is 10.8. The summed E-state index contributed by atoms with van der Waals surface area (Å²) >= 11 is 0. The third-order valence-electron chi connectivity index (χ3n) is 2.66. The second-order valence-electron chi connectivity index (χ2n) is 4.15. The summed E-state index contributed by atoms with van der Waals surface area (Å²) in [6.07, 6.45) is 2.44. The molecule has 1 aliphatic rings. The molecule has 0 saturated heterocycles. The summed E-state index contributed by atoms with van der Waals surface area (Å²) in [5, 5.41) is 8.90. The molecule has 1 N–H and O–H groups in total. The van der Waals surface area contributed by atoms with Crippen LogP contribution in [0.3, 0.4) is 0 Å². The van der Waals surface area contributed by atoms with E-state index in [1.54, 1.807) is 6.07 Å². The molecule has 4 heteroatoms. The van der Waals surface area contributed by atoms with Crippen LogP contribution in [0.5, 0.6) is 11.5 Å². The molecule has 1 saturated carbocycles. The number of aromatic carboxylic acids is 1. The molecule has 0 spiro atoms. The van der Waals surface area contributed by atoms with Crippen LogP contribution in [0, 0.1) is 5.92 Å². The lowest BCUT2D eigenvalue weighted by Crippen LogP contribution is -2.04. The van der Waals surface area contributed by atoms with Crippen LogP contribution in [-0.2, 0) is 0 Å². The Kier molecular flexibility index (Phi) is 3.52. The third-order valence-corrected chi connectivity index (χ3v) is 2.66. The minimum atomic E-state index is -0.959. The van der Waals surface area contributed by atoms with Gasteiger partial charge in [-0.25, -0.2) is 4.79 Å². The molecule has 1 aliphatic carbocycles. The molecule has 0 amide bonds. The van der Waals surface area contributed by atoms with E-state index in [9.17, 15) is 4.79 Å². The number of carboxylic acid groups (broad SMARTS) is 1. The smallest absolute Gasteiger partial charge is 0.335 e. The lowest BCUT2D eigenvalue weighted by molar-refractivity contribution is 0.0696. The van der Waals surface area contributed by atoms with Gasteiger partial charge in [-0.1, -0.05) is 0 Å². The predicted octanol–water partition coefficient (Wildman–Crippen LogP) is 2.57. The lowest BCUT2D eigenvalue weighted by Gasteiger charge is -2.12. The van der Waals surface area contributed by atoms with Crippen molar-refractivity contribution in [1.82, 2.24) is 0 Å². The standard InChI is InChI=1S/C13H16O4/c1-2-16-12-7-10(13(14)15)5-6-11(12)17-8-9-3-4-9/h5-7,9H,2-4,8H2,1H3,(H,14,15). The largest absolute Gasteiger partial charge is 0.490 e. The van der Waals surface area contributed by atoms with Crippen LogP contribution in [0.1, 0.15) is 30.1 Å². The van der Waals surface area contributed by atoms with E-state index < -0.39 is 5.97 Å². The molecule has 0 radical (unpaired) electrons. The summed E-state index contributed by atoms with van der Waals surface area (Å²) in [6.45, 7) is 3.04. The van der Waals surface area contributed by atoms with E-state index in [1.165, 1.54) is 25.0 Å². The van der Waals surface area contributed by atoms with Gasteiger partial charge in [0.1, 0.15) is 0 Å². The Balaban J connectivity index is 2.13. The average Bonchev–Trinajstić information content (AvgIpc) is 3.11. The van der Waals surface area contributed by atoms with Crippen LogP contribution in [0.25, 0.3) is 0 Å². The Hall–Kier alpha value is -1.71. The first-order valence-corrected chi connectivity index (χ1v) is 5.83. The van der Waals surface area contributed by atoms with Gasteiger partial charge >= 0.3 is 5.97 Å². The van der Waals surface area contributed by atoms with Gasteiger partial charge in [-0.05, 0) is 43.9 Å². The number of benzene rings is 1. The highest BCUT2D eigenvalue weighted by Crippen LogP contribution is 2.33. The van der Waals surface area contributed by atoms with E-state index >= 15 is 0 Å². The third kappa shape index (κ3) is 3.12. The van der Waals surface area contributed by atoms with Gasteiger partial charge in [0.15, 0.2) is 11.5 Å². The Morgan fingerprint density at radius 1 is 1.35 bits per heavy atom. The highest BCUT2D eigenvalue weighted by atomic mass is 16.5. The molecular weight excluding hydrogens is 220 g/mol. The molecule has 1 aromatic rings. The minimum Gasteiger partial charge on any atom is -0.490 e. The first-order chi connectivity index (χ1) is 8.20. The monoisotopic (exact) mass is 236 g/mol. The van der Waals surface area contributed by atoms with Crippen molar-refractivity contribution in [1.29, 1.82) is 0 Å². The number of rotatable bonds is 6. The molecule has 0 unspecified atom stereocenters. The van der Waals surface area contributed by atoms with Gasteiger partial charge in [0, 0.05) is 0 Å². The van der Waals surface area contributed by atoms with Crippen molar-refractivity contribution >= 4 is 5.97 Å². The molecule has 0 bridgehead atoms. The molecule has 1 aromatic carbocycles. The van der Waals surface area contributed by atoms with Crippen LogP contribution in [0.4, 0.5) is 0 Å². The van der Waals surface area contributed by atoms with E-state index in [4.69, 9.17) is 14.6 Å². The molecular formula is C13H16O4. The highest BCUT2D eigenvalue weighted by molar-refractivity contribution is 5.88. The van der Waals surface area contributed by atoms with Crippen molar-refractivity contribution in [2.45, 2.75) is 19.8 Å². The number of hydrogen-bond donors (Lipinski definition) is 1. The van der Waals surface area contributed by atoms with Crippen molar-refractivity contribution in [3.05, 3.63) is 23.8 Å². The van der Waals surface area contributed by atoms with Gasteiger partial charge in [-0.15, -0.1) is 0 Å². The van der Waals surface area contributed by atoms with E-state index in [0.717, 1.165) is 0 Å². The number of carboxylic acids is 1. The maximum Gasteiger partial charge on any atom is 0.335 e. The van der Waals surface area contributed by atoms with Gasteiger partial charge in [-0.2, -0.15) is 0 Å². The van der Waals surface area contributed by atoms with Crippen molar-refractivity contribution in [3.63, 3.8) is 0 Å². The van der Waals surface area contributed by atoms with Crippen molar-refractivity contribution in [2.75, 3.05) is 13.2 Å². The van der Waals surface area contributed by atoms with E-state index in [0.29, 0.717) is 30.6 Å². The topological polar surface area (TPSA) is 55.8 Å². The van der Waals surface area contributed by atoms with Crippen LogP contribution in [-0.4, -0.2) is 24.3 Å². The van der Waals surface area contributed by atoms with Crippen LogP contribution < -0.4 is 9.47 Å². The summed E-state index contributed by atoms with van der Waals surface area (Å²) in [6, 6.07) is 4.71. The molecule has 1 fully saturated rings. The zero-order valence-electron chi connectivity index (χ0n) is 9.81. The Morgan fingerprint density at radius 3 is 2.71 bits per heavy atom. The maximum atomic E-state index is 10.8. The summed E-state index contributed by atoms with van der Waals surface area (Å²) in [5.74, 6) is 0.833. The van der Waals surface area contributed by atoms with Crippen LogP contribution in [0.15, 0.2) is 18.2 Å². The molecule has 0 heterocycles. The second-order valence-corrected chi connectivity index (χ2v) is 4.15. The predicted molar refractivity (Wildman–Crippen MR) is 62.8 cm³/mol. The fourth-order valence-corrected chi connectivity index (χ4v) is 1.52. The Morgan fingerprint density at radius 2 is 2.12 bits per heavy atom. The van der Waals surface area contributed by atoms with E-state index in [1.807, 2.05) is 6.92 Å². The molecule has 0 aromatic heterocycles. The fraction of sp³-hybridized carbons (Fsp3) is 0.462. The van der Waals surface area contributed by atoms with Gasteiger partial charge in [-0.3, -0.25) is 0 Å². The quantitative estimate of drug-likeness (QED) is 0.824. The normalized spacial score (nSPS) is 14.4. The van der Waals surface area contributed by atoms with Gasteiger partial charge < -0.3 is 14.6 Å². The zero-order chi connectivity index (χ0) is 12.3. The van der Waals surface area contributed by atoms with Gasteiger partial charge in [0.25, 0.3) is 0 Å². The zero-order valence-corrected chi connectivity index (χ0v) is 9.81. The number of hydrogen-bond acceptors (Lipinski definition) is 3. The van der Waals surface area contributed by atoms with Crippen molar-refractivity contribution in [2.24, 2.45) is 5.92 Å². The summed E-state index contributed by atoms with van der Waals surface area (Å²) in [5.41, 5.74) is 0.215. The summed E-state index contributed by atoms with van der Waals surface area (Å²) in [7, 11) is 0. The molecule has 17 heavy (non-hydrogen) atoms. The average molecular weight is 236 g/mol. The first kappa shape index (κ1) is 11.8. The number of carbonyl (C=O) groups is 1. The molecule has 0 aliphatic heterocycles. The fourth-order valence-electron chi connectivity index (χ4n) is 1.52. The van der Waals surface area contributed by atoms with Gasteiger partial charge in [0.05, 0.1) is 18.8 Å². The Labute approximate surface area is 100 Å². The summed E-state index contributed by atoms with van der Waals surface area (Å²) in [4.78, 5) is 10.8. The number of ether oxygens (including phenoxy) is 2. The minimum absolute atomic E-state index is 0.215. The van der Waals surface area contributed by atoms with Gasteiger partial charge in [0.2, 0.25) is 0 Å². The summed E-state index contributed by atoms with van der Waals surface area (Å²) < 4.78 is 11.0. The van der Waals surface area contributed by atoms with E-state index in [2.05, 4.69) is 0 Å². The van der Waals surface area contributed by atoms with Crippen LogP contribution in [0.2, 0.25) is 0 Å². The lowest BCUT2D eigenvalue weighted by atomic mass is 10.2. The van der Waals surface area contributed by atoms with Crippen molar-refractivity contribution in [3.8, 4) is 11.5 Å². The highest BCUT2D eigenvalue weighted by Gasteiger charge is 2.22. The SMILES string of the molecule is CCOc1cc(C(=O)O)ccc1OCC1CC1. The molecule has 0 atom stereocenters. The van der Waals surface area contributed by atoms with Crippen LogP contribution >= 0.6 is 0 Å². The van der Waals surface area contributed by atoms with E-state index in [-0.39, 0.29) is 5.56 Å². The second kappa shape index (κ2) is 5.08. The van der Waals surface area contributed by atoms with Crippen molar-refractivity contribution < 1.29 is 19.4 Å². The molecule has 2 rings (SSSR count). The molecule has 92 valence electrons. The Bertz CT molecular complexity index is 410. The first-order valence-electron chi connectivity index (χ1n) is 5.83.